The molecule has 2 rings (SSSR count). The van der Waals surface area contributed by atoms with E-state index in [1.54, 1.807) is 7.11 Å². The van der Waals surface area contributed by atoms with Crippen LogP contribution in [-0.4, -0.2) is 33.9 Å². The van der Waals surface area contributed by atoms with Crippen LogP contribution in [0.1, 0.15) is 24.8 Å². The van der Waals surface area contributed by atoms with Crippen molar-refractivity contribution in [2.75, 3.05) is 38.8 Å². The fourth-order valence-corrected chi connectivity index (χ4v) is 2.77. The highest BCUT2D eigenvalue weighted by molar-refractivity contribution is 6.30. The molecule has 1 aliphatic carbocycles. The van der Waals surface area contributed by atoms with Crippen molar-refractivity contribution in [3.8, 4) is 0 Å². The molecule has 0 aliphatic heterocycles. The molecule has 1 fully saturated rings. The first-order valence-corrected chi connectivity index (χ1v) is 7.77. The van der Waals surface area contributed by atoms with Crippen LogP contribution in [0.3, 0.4) is 0 Å². The number of hydrogen-bond donors (Lipinski definition) is 1. The third-order valence-electron chi connectivity index (χ3n) is 4.01. The lowest BCUT2D eigenvalue weighted by Crippen LogP contribution is -2.30. The van der Waals surface area contributed by atoms with Crippen molar-refractivity contribution in [1.82, 2.24) is 5.32 Å². The summed E-state index contributed by atoms with van der Waals surface area (Å²) in [5, 5.41) is 4.21. The second kappa shape index (κ2) is 7.87. The Bertz CT molecular complexity index is 421. The number of rotatable bonds is 8. The van der Waals surface area contributed by atoms with Gasteiger partial charge in [-0.05, 0) is 36.5 Å². The van der Waals surface area contributed by atoms with Crippen molar-refractivity contribution < 1.29 is 4.74 Å². The van der Waals surface area contributed by atoms with Gasteiger partial charge in [0.15, 0.2) is 0 Å². The van der Waals surface area contributed by atoms with Crippen molar-refractivity contribution in [3.63, 3.8) is 0 Å². The van der Waals surface area contributed by atoms with Gasteiger partial charge in [0.1, 0.15) is 0 Å². The van der Waals surface area contributed by atoms with Crippen LogP contribution in [0, 0.1) is 5.92 Å². The Morgan fingerprint density at radius 3 is 2.85 bits per heavy atom. The third-order valence-corrected chi connectivity index (χ3v) is 4.25. The van der Waals surface area contributed by atoms with Gasteiger partial charge in [-0.2, -0.15) is 0 Å². The minimum Gasteiger partial charge on any atom is -0.383 e. The topological polar surface area (TPSA) is 24.5 Å². The minimum atomic E-state index is 0.737. The number of anilines is 1. The second-order valence-corrected chi connectivity index (χ2v) is 6.06. The van der Waals surface area contributed by atoms with Gasteiger partial charge in [0.05, 0.1) is 6.61 Å². The van der Waals surface area contributed by atoms with Gasteiger partial charge >= 0.3 is 0 Å². The van der Waals surface area contributed by atoms with Gasteiger partial charge < -0.3 is 15.0 Å². The monoisotopic (exact) mass is 296 g/mol. The lowest BCUT2D eigenvalue weighted by molar-refractivity contribution is 0.199. The highest BCUT2D eigenvalue weighted by Gasteiger charge is 2.20. The SMILES string of the molecule is COCCNCc1ccc(Cl)cc1N(C)CC1CCC1. The van der Waals surface area contributed by atoms with E-state index in [2.05, 4.69) is 29.4 Å². The second-order valence-electron chi connectivity index (χ2n) is 5.62. The van der Waals surface area contributed by atoms with Gasteiger partial charge in [0.25, 0.3) is 0 Å². The molecule has 1 aromatic carbocycles. The van der Waals surface area contributed by atoms with Crippen LogP contribution in [-0.2, 0) is 11.3 Å². The van der Waals surface area contributed by atoms with Crippen molar-refractivity contribution in [2.24, 2.45) is 5.92 Å². The Hall–Kier alpha value is -0.770. The maximum absolute atomic E-state index is 6.16. The lowest BCUT2D eigenvalue weighted by Gasteiger charge is -2.32. The molecule has 0 heterocycles. The standard InChI is InChI=1S/C16H25ClN2O/c1-19(12-13-4-3-5-13)16-10-15(17)7-6-14(16)11-18-8-9-20-2/h6-7,10,13,18H,3-5,8-9,11-12H2,1-2H3. The summed E-state index contributed by atoms with van der Waals surface area (Å²) in [6, 6.07) is 6.16. The minimum absolute atomic E-state index is 0.737. The number of nitrogens with one attached hydrogen (secondary N) is 1. The molecule has 20 heavy (non-hydrogen) atoms. The van der Waals surface area contributed by atoms with Gasteiger partial charge in [-0.3, -0.25) is 0 Å². The maximum Gasteiger partial charge on any atom is 0.0587 e. The van der Waals surface area contributed by atoms with Crippen LogP contribution >= 0.6 is 11.6 Å². The molecule has 0 amide bonds. The van der Waals surface area contributed by atoms with E-state index in [4.69, 9.17) is 16.3 Å². The normalized spacial score (nSPS) is 15.2. The molecule has 1 saturated carbocycles. The van der Waals surface area contributed by atoms with E-state index < -0.39 is 0 Å². The van der Waals surface area contributed by atoms with E-state index >= 15 is 0 Å². The number of nitrogens with zero attached hydrogens (tertiary/aromatic N) is 1. The van der Waals surface area contributed by atoms with Crippen LogP contribution in [0.4, 0.5) is 5.69 Å². The maximum atomic E-state index is 6.16. The summed E-state index contributed by atoms with van der Waals surface area (Å²) in [7, 11) is 3.89. The van der Waals surface area contributed by atoms with E-state index in [-0.39, 0.29) is 0 Å². The number of ether oxygens (including phenoxy) is 1. The molecule has 3 nitrogen and oxygen atoms in total. The lowest BCUT2D eigenvalue weighted by atomic mass is 9.85. The first kappa shape index (κ1) is 15.6. The first-order valence-electron chi connectivity index (χ1n) is 7.40. The number of benzene rings is 1. The molecule has 0 radical (unpaired) electrons. The zero-order valence-electron chi connectivity index (χ0n) is 12.5. The van der Waals surface area contributed by atoms with E-state index in [0.717, 1.165) is 37.2 Å². The van der Waals surface area contributed by atoms with Crippen LogP contribution < -0.4 is 10.2 Å². The van der Waals surface area contributed by atoms with Gasteiger partial charge in [-0.25, -0.2) is 0 Å². The van der Waals surface area contributed by atoms with Gasteiger partial charge in [0, 0.05) is 44.5 Å². The number of halogens is 1. The van der Waals surface area contributed by atoms with E-state index in [1.165, 1.54) is 30.5 Å². The molecular weight excluding hydrogens is 272 g/mol. The smallest absolute Gasteiger partial charge is 0.0587 e. The zero-order valence-corrected chi connectivity index (χ0v) is 13.2. The fraction of sp³-hybridized carbons (Fsp3) is 0.625. The van der Waals surface area contributed by atoms with Crippen LogP contribution in [0.5, 0.6) is 0 Å². The molecule has 1 aromatic rings. The van der Waals surface area contributed by atoms with Crippen molar-refractivity contribution in [1.29, 1.82) is 0 Å². The average Bonchev–Trinajstić information content (AvgIpc) is 2.40. The predicted octanol–water partition coefficient (Wildman–Crippen LogP) is 3.31. The number of hydrogen-bond acceptors (Lipinski definition) is 3. The zero-order chi connectivity index (χ0) is 14.4. The summed E-state index contributed by atoms with van der Waals surface area (Å²) in [5.74, 6) is 0.855. The molecule has 0 unspecified atom stereocenters. The average molecular weight is 297 g/mol. The fourth-order valence-electron chi connectivity index (χ4n) is 2.60. The molecule has 0 atom stereocenters. The summed E-state index contributed by atoms with van der Waals surface area (Å²) in [4.78, 5) is 2.35. The summed E-state index contributed by atoms with van der Waals surface area (Å²) in [5.41, 5.74) is 2.54. The van der Waals surface area contributed by atoms with Crippen molar-refractivity contribution >= 4 is 17.3 Å². The molecule has 1 N–H and O–H groups in total. The Balaban J connectivity index is 1.98. The third kappa shape index (κ3) is 4.37. The van der Waals surface area contributed by atoms with Gasteiger partial charge in [-0.1, -0.05) is 24.1 Å². The first-order chi connectivity index (χ1) is 9.70. The van der Waals surface area contributed by atoms with Crippen LogP contribution in [0.25, 0.3) is 0 Å². The highest BCUT2D eigenvalue weighted by atomic mass is 35.5. The van der Waals surface area contributed by atoms with Gasteiger partial charge in [0.2, 0.25) is 0 Å². The summed E-state index contributed by atoms with van der Waals surface area (Å²) in [6.45, 7) is 3.59. The Kier molecular flexibility index (Phi) is 6.14. The van der Waals surface area contributed by atoms with E-state index in [9.17, 15) is 0 Å². The molecule has 4 heteroatoms. The largest absolute Gasteiger partial charge is 0.383 e. The van der Waals surface area contributed by atoms with E-state index in [0.29, 0.717) is 0 Å². The van der Waals surface area contributed by atoms with Crippen LogP contribution in [0.2, 0.25) is 5.02 Å². The van der Waals surface area contributed by atoms with Gasteiger partial charge in [-0.15, -0.1) is 0 Å². The molecule has 1 aliphatic rings. The van der Waals surface area contributed by atoms with Crippen LogP contribution in [0.15, 0.2) is 18.2 Å². The predicted molar refractivity (Wildman–Crippen MR) is 85.6 cm³/mol. The summed E-state index contributed by atoms with van der Waals surface area (Å²) in [6.07, 6.45) is 4.12. The number of methoxy groups -OCH3 is 1. The Labute approximate surface area is 127 Å². The van der Waals surface area contributed by atoms with Crippen molar-refractivity contribution in [3.05, 3.63) is 28.8 Å². The molecule has 0 spiro atoms. The van der Waals surface area contributed by atoms with Crippen molar-refractivity contribution in [2.45, 2.75) is 25.8 Å². The quantitative estimate of drug-likeness (QED) is 0.745. The molecule has 0 bridgehead atoms. The molecule has 0 saturated heterocycles. The van der Waals surface area contributed by atoms with E-state index in [1.807, 2.05) is 6.07 Å². The molecular formula is C16H25ClN2O. The molecule has 0 aromatic heterocycles. The Morgan fingerprint density at radius 2 is 2.20 bits per heavy atom. The molecule has 112 valence electrons. The Morgan fingerprint density at radius 1 is 1.40 bits per heavy atom. The summed E-state index contributed by atoms with van der Waals surface area (Å²) < 4.78 is 5.06. The summed E-state index contributed by atoms with van der Waals surface area (Å²) >= 11 is 6.16. The highest BCUT2D eigenvalue weighted by Crippen LogP contribution is 2.30.